The van der Waals surface area contributed by atoms with Crippen molar-refractivity contribution in [2.75, 3.05) is 54.7 Å². The number of hydrogen-bond acceptors (Lipinski definition) is 5. The maximum absolute atomic E-state index is 5.62. The third-order valence-electron chi connectivity index (χ3n) is 5.38. The average Bonchev–Trinajstić information content (AvgIpc) is 3.31. The van der Waals surface area contributed by atoms with E-state index in [-0.39, 0.29) is 24.0 Å². The molecule has 0 amide bonds. The summed E-state index contributed by atoms with van der Waals surface area (Å²) in [4.78, 5) is 6.79. The second-order valence-electron chi connectivity index (χ2n) is 6.89. The Morgan fingerprint density at radius 3 is 2.41 bits per heavy atom. The molecule has 152 valence electrons. The number of methoxy groups -OCH3 is 3. The zero-order chi connectivity index (χ0) is 18.6. The first-order valence-corrected chi connectivity index (χ1v) is 8.97. The van der Waals surface area contributed by atoms with Gasteiger partial charge >= 0.3 is 0 Å². The predicted octanol–water partition coefficient (Wildman–Crippen LogP) is 2.52. The first-order chi connectivity index (χ1) is 12.6. The Labute approximate surface area is 178 Å². The van der Waals surface area contributed by atoms with E-state index in [0.717, 1.165) is 62.2 Å². The first kappa shape index (κ1) is 21.9. The average molecular weight is 491 g/mol. The van der Waals surface area contributed by atoms with Crippen molar-refractivity contribution in [2.24, 2.45) is 10.4 Å². The highest BCUT2D eigenvalue weighted by Crippen LogP contribution is 2.38. The summed E-state index contributed by atoms with van der Waals surface area (Å²) in [5, 5.41) is 3.46. The minimum atomic E-state index is 0. The number of nitrogens with one attached hydrogen (secondary N) is 1. The van der Waals surface area contributed by atoms with Crippen LogP contribution in [0.4, 0.5) is 0 Å². The molecule has 1 aromatic rings. The van der Waals surface area contributed by atoms with Gasteiger partial charge in [-0.25, -0.2) is 0 Å². The predicted molar refractivity (Wildman–Crippen MR) is 116 cm³/mol. The lowest BCUT2D eigenvalue weighted by Crippen LogP contribution is -2.41. The lowest BCUT2D eigenvalue weighted by Gasteiger charge is -2.25. The minimum absolute atomic E-state index is 0. The number of aliphatic imine (C=N–C) groups is 1. The summed E-state index contributed by atoms with van der Waals surface area (Å²) in [6, 6.07) is 3.73. The second-order valence-corrected chi connectivity index (χ2v) is 6.89. The number of guanidine groups is 1. The fraction of sp³-hybridized carbons (Fsp3) is 0.632. The van der Waals surface area contributed by atoms with Gasteiger partial charge in [0, 0.05) is 44.3 Å². The molecule has 1 N–H and O–H groups in total. The van der Waals surface area contributed by atoms with E-state index in [0.29, 0.717) is 17.7 Å². The van der Waals surface area contributed by atoms with Gasteiger partial charge in [0.2, 0.25) is 0 Å². The Hall–Kier alpha value is -1.42. The summed E-state index contributed by atoms with van der Waals surface area (Å²) in [5.74, 6) is 3.06. The van der Waals surface area contributed by atoms with Crippen LogP contribution >= 0.6 is 24.0 Å². The smallest absolute Gasteiger partial charge is 0.193 e. The van der Waals surface area contributed by atoms with Crippen LogP contribution in [-0.4, -0.2) is 65.5 Å². The van der Waals surface area contributed by atoms with Crippen molar-refractivity contribution in [1.29, 1.82) is 0 Å². The van der Waals surface area contributed by atoms with Crippen LogP contribution in [0, 0.1) is 5.41 Å². The molecule has 27 heavy (non-hydrogen) atoms. The summed E-state index contributed by atoms with van der Waals surface area (Å²) in [6.07, 6.45) is 2.30. The van der Waals surface area contributed by atoms with Gasteiger partial charge in [0.1, 0.15) is 17.2 Å². The molecule has 1 atom stereocenters. The zero-order valence-corrected chi connectivity index (χ0v) is 18.9. The molecule has 1 spiro atoms. The molecule has 0 aromatic heterocycles. The standard InChI is InChI=1S/C19H29N3O4.HI/c1-20-18(22-7-5-19(12-22)6-8-26-13-19)21-11-15-16(24-3)9-14(23-2)10-17(15)25-4;/h9-10H,5-8,11-13H2,1-4H3,(H,20,21);1H. The van der Waals surface area contributed by atoms with Crippen LogP contribution in [0.1, 0.15) is 18.4 Å². The van der Waals surface area contributed by atoms with Crippen LogP contribution in [0.25, 0.3) is 0 Å². The molecule has 8 heteroatoms. The van der Waals surface area contributed by atoms with Crippen LogP contribution in [0.15, 0.2) is 17.1 Å². The molecule has 0 bridgehead atoms. The number of ether oxygens (including phenoxy) is 4. The van der Waals surface area contributed by atoms with Crippen molar-refractivity contribution in [3.63, 3.8) is 0 Å². The van der Waals surface area contributed by atoms with E-state index < -0.39 is 0 Å². The molecule has 7 nitrogen and oxygen atoms in total. The lowest BCUT2D eigenvalue weighted by molar-refractivity contribution is 0.156. The van der Waals surface area contributed by atoms with E-state index in [1.165, 1.54) is 0 Å². The first-order valence-electron chi connectivity index (χ1n) is 8.97. The van der Waals surface area contributed by atoms with Gasteiger partial charge in [0.15, 0.2) is 5.96 Å². The number of benzene rings is 1. The zero-order valence-electron chi connectivity index (χ0n) is 16.5. The molecule has 0 saturated carbocycles. The van der Waals surface area contributed by atoms with Crippen molar-refractivity contribution in [1.82, 2.24) is 10.2 Å². The van der Waals surface area contributed by atoms with Gasteiger partial charge in [0.05, 0.1) is 40.0 Å². The fourth-order valence-corrected chi connectivity index (χ4v) is 3.84. The molecule has 2 saturated heterocycles. The van der Waals surface area contributed by atoms with E-state index in [1.54, 1.807) is 21.3 Å². The monoisotopic (exact) mass is 491 g/mol. The van der Waals surface area contributed by atoms with Crippen LogP contribution in [0.5, 0.6) is 17.2 Å². The second kappa shape index (κ2) is 9.68. The minimum Gasteiger partial charge on any atom is -0.496 e. The lowest BCUT2D eigenvalue weighted by atomic mass is 9.87. The summed E-state index contributed by atoms with van der Waals surface area (Å²) in [7, 11) is 6.75. The van der Waals surface area contributed by atoms with Crippen molar-refractivity contribution in [3.05, 3.63) is 17.7 Å². The van der Waals surface area contributed by atoms with Crippen LogP contribution < -0.4 is 19.5 Å². The Kier molecular flexibility index (Phi) is 7.84. The molecule has 3 rings (SSSR count). The molecule has 0 radical (unpaired) electrons. The van der Waals surface area contributed by atoms with Gasteiger partial charge < -0.3 is 29.2 Å². The molecular formula is C19H30IN3O4. The summed E-state index contributed by atoms with van der Waals surface area (Å²) < 4.78 is 22.0. The van der Waals surface area contributed by atoms with E-state index in [9.17, 15) is 0 Å². The number of halogens is 1. The van der Waals surface area contributed by atoms with Gasteiger partial charge in [-0.1, -0.05) is 0 Å². The molecule has 0 aliphatic carbocycles. The van der Waals surface area contributed by atoms with Crippen molar-refractivity contribution in [3.8, 4) is 17.2 Å². The van der Waals surface area contributed by atoms with Gasteiger partial charge in [0.25, 0.3) is 0 Å². The molecule has 2 heterocycles. The molecule has 1 unspecified atom stereocenters. The van der Waals surface area contributed by atoms with E-state index in [1.807, 2.05) is 19.2 Å². The quantitative estimate of drug-likeness (QED) is 0.388. The highest BCUT2D eigenvalue weighted by Gasteiger charge is 2.42. The van der Waals surface area contributed by atoms with Gasteiger partial charge in [-0.3, -0.25) is 4.99 Å². The Balaban J connectivity index is 0.00000261. The molecular weight excluding hydrogens is 461 g/mol. The van der Waals surface area contributed by atoms with Crippen molar-refractivity contribution >= 4 is 29.9 Å². The van der Waals surface area contributed by atoms with Gasteiger partial charge in [-0.05, 0) is 12.8 Å². The van der Waals surface area contributed by atoms with Gasteiger partial charge in [-0.2, -0.15) is 0 Å². The molecule has 2 fully saturated rings. The Morgan fingerprint density at radius 2 is 1.89 bits per heavy atom. The number of hydrogen-bond donors (Lipinski definition) is 1. The summed E-state index contributed by atoms with van der Waals surface area (Å²) in [6.45, 7) is 4.28. The molecule has 2 aliphatic heterocycles. The highest BCUT2D eigenvalue weighted by molar-refractivity contribution is 14.0. The van der Waals surface area contributed by atoms with Gasteiger partial charge in [-0.15, -0.1) is 24.0 Å². The SMILES string of the molecule is CN=C(NCc1c(OC)cc(OC)cc1OC)N1CCC2(CCOC2)C1.I. The third kappa shape index (κ3) is 4.71. The number of nitrogens with zero attached hydrogens (tertiary/aromatic N) is 2. The molecule has 2 aliphatic rings. The summed E-state index contributed by atoms with van der Waals surface area (Å²) >= 11 is 0. The fourth-order valence-electron chi connectivity index (χ4n) is 3.84. The third-order valence-corrected chi connectivity index (χ3v) is 5.38. The topological polar surface area (TPSA) is 64.6 Å². The van der Waals surface area contributed by atoms with E-state index in [2.05, 4.69) is 15.2 Å². The maximum Gasteiger partial charge on any atom is 0.193 e. The van der Waals surface area contributed by atoms with E-state index in [4.69, 9.17) is 18.9 Å². The highest BCUT2D eigenvalue weighted by atomic mass is 127. The largest absolute Gasteiger partial charge is 0.496 e. The summed E-state index contributed by atoms with van der Waals surface area (Å²) in [5.41, 5.74) is 1.24. The van der Waals surface area contributed by atoms with Crippen molar-refractivity contribution in [2.45, 2.75) is 19.4 Å². The normalized spacial score (nSPS) is 21.9. The van der Waals surface area contributed by atoms with Crippen LogP contribution in [0.3, 0.4) is 0 Å². The van der Waals surface area contributed by atoms with E-state index >= 15 is 0 Å². The maximum atomic E-state index is 5.62. The van der Waals surface area contributed by atoms with Crippen molar-refractivity contribution < 1.29 is 18.9 Å². The number of rotatable bonds is 5. The van der Waals surface area contributed by atoms with Crippen LogP contribution in [0.2, 0.25) is 0 Å². The number of likely N-dealkylation sites (tertiary alicyclic amines) is 1. The Morgan fingerprint density at radius 1 is 1.19 bits per heavy atom. The van der Waals surface area contributed by atoms with Crippen LogP contribution in [-0.2, 0) is 11.3 Å². The Bertz CT molecular complexity index is 637. The molecule has 1 aromatic carbocycles.